The Hall–Kier alpha value is -1.62. The second-order valence-corrected chi connectivity index (χ2v) is 3.86. The van der Waals surface area contributed by atoms with Crippen LogP contribution in [0, 0.1) is 5.82 Å². The first-order valence-corrected chi connectivity index (χ1v) is 5.90. The number of aliphatic hydroxyl groups excluding tert-OH is 1. The number of carbonyl (C=O) groups excluding carboxylic acids is 1. The number of aliphatic hydroxyl groups is 1. The number of rotatable bonds is 6. The molecule has 0 aromatic heterocycles. The van der Waals surface area contributed by atoms with Crippen LogP contribution in [-0.2, 0) is 4.79 Å². The van der Waals surface area contributed by atoms with Gasteiger partial charge in [-0.1, -0.05) is 0 Å². The number of amides is 1. The zero-order valence-electron chi connectivity index (χ0n) is 10.6. The Morgan fingerprint density at radius 1 is 1.44 bits per heavy atom. The lowest BCUT2D eigenvalue weighted by atomic mass is 10.3. The van der Waals surface area contributed by atoms with Gasteiger partial charge in [-0.25, -0.2) is 4.39 Å². The highest BCUT2D eigenvalue weighted by atomic mass is 19.1. The van der Waals surface area contributed by atoms with Crippen LogP contribution >= 0.6 is 0 Å². The maximum Gasteiger partial charge on any atom is 0.263 e. The van der Waals surface area contributed by atoms with Crippen LogP contribution in [0.4, 0.5) is 4.39 Å². The van der Waals surface area contributed by atoms with E-state index in [0.29, 0.717) is 12.3 Å². The van der Waals surface area contributed by atoms with Crippen molar-refractivity contribution in [3.8, 4) is 5.75 Å². The molecular weight excluding hydrogens is 237 g/mol. The standard InChI is InChI=1S/C13H18FNO3/c1-3-15(8-9-16)13(17)10(2)18-12-6-4-11(14)5-7-12/h4-7,10,16H,3,8-9H2,1-2H3. The first-order chi connectivity index (χ1) is 8.58. The van der Waals surface area contributed by atoms with Gasteiger partial charge in [-0.15, -0.1) is 0 Å². The first kappa shape index (κ1) is 14.4. The van der Waals surface area contributed by atoms with Gasteiger partial charge in [0.2, 0.25) is 0 Å². The van der Waals surface area contributed by atoms with Crippen molar-refractivity contribution < 1.29 is 19.0 Å². The summed E-state index contributed by atoms with van der Waals surface area (Å²) in [6, 6.07) is 5.50. The van der Waals surface area contributed by atoms with Crippen LogP contribution < -0.4 is 4.74 Å². The summed E-state index contributed by atoms with van der Waals surface area (Å²) in [5.41, 5.74) is 0. The Balaban J connectivity index is 2.61. The summed E-state index contributed by atoms with van der Waals surface area (Å²) in [6.45, 7) is 4.18. The molecule has 0 aliphatic carbocycles. The van der Waals surface area contributed by atoms with E-state index < -0.39 is 6.10 Å². The number of hydrogen-bond donors (Lipinski definition) is 1. The third-order valence-corrected chi connectivity index (χ3v) is 2.54. The molecule has 0 saturated carbocycles. The fraction of sp³-hybridized carbons (Fsp3) is 0.462. The van der Waals surface area contributed by atoms with Gasteiger partial charge in [0.1, 0.15) is 11.6 Å². The van der Waals surface area contributed by atoms with E-state index >= 15 is 0 Å². The summed E-state index contributed by atoms with van der Waals surface area (Å²) in [7, 11) is 0. The Morgan fingerprint density at radius 2 is 2.06 bits per heavy atom. The van der Waals surface area contributed by atoms with Gasteiger partial charge in [-0.05, 0) is 38.1 Å². The predicted octanol–water partition coefficient (Wildman–Crippen LogP) is 1.43. The van der Waals surface area contributed by atoms with Gasteiger partial charge in [0.05, 0.1) is 6.61 Å². The molecule has 5 heteroatoms. The Labute approximate surface area is 106 Å². The van der Waals surface area contributed by atoms with Crippen molar-refractivity contribution in [1.82, 2.24) is 4.90 Å². The van der Waals surface area contributed by atoms with Crippen molar-refractivity contribution >= 4 is 5.91 Å². The second kappa shape index (κ2) is 6.96. The molecule has 0 radical (unpaired) electrons. The summed E-state index contributed by atoms with van der Waals surface area (Å²) in [5.74, 6) is -0.107. The van der Waals surface area contributed by atoms with Crippen LogP contribution in [0.5, 0.6) is 5.75 Å². The van der Waals surface area contributed by atoms with Gasteiger partial charge in [-0.2, -0.15) is 0 Å². The monoisotopic (exact) mass is 255 g/mol. The second-order valence-electron chi connectivity index (χ2n) is 3.86. The molecule has 0 fully saturated rings. The maximum atomic E-state index is 12.7. The van der Waals surface area contributed by atoms with E-state index in [4.69, 9.17) is 9.84 Å². The fourth-order valence-electron chi connectivity index (χ4n) is 1.57. The lowest BCUT2D eigenvalue weighted by molar-refractivity contribution is -0.138. The van der Waals surface area contributed by atoms with Crippen LogP contribution in [0.3, 0.4) is 0 Å². The number of hydrogen-bond acceptors (Lipinski definition) is 3. The highest BCUT2D eigenvalue weighted by Crippen LogP contribution is 2.13. The van der Waals surface area contributed by atoms with Crippen LogP contribution in [0.2, 0.25) is 0 Å². The largest absolute Gasteiger partial charge is 0.481 e. The van der Waals surface area contributed by atoms with Crippen molar-refractivity contribution in [2.24, 2.45) is 0 Å². The van der Waals surface area contributed by atoms with Gasteiger partial charge in [0.25, 0.3) is 5.91 Å². The molecule has 4 nitrogen and oxygen atoms in total. The molecule has 1 aromatic rings. The van der Waals surface area contributed by atoms with E-state index in [0.717, 1.165) is 0 Å². The summed E-state index contributed by atoms with van der Waals surface area (Å²) in [5, 5.41) is 8.84. The van der Waals surface area contributed by atoms with E-state index in [2.05, 4.69) is 0 Å². The molecule has 0 spiro atoms. The quantitative estimate of drug-likeness (QED) is 0.836. The van der Waals surface area contributed by atoms with Crippen LogP contribution in [-0.4, -0.2) is 41.7 Å². The Bertz CT molecular complexity index is 380. The number of nitrogens with zero attached hydrogens (tertiary/aromatic N) is 1. The predicted molar refractivity (Wildman–Crippen MR) is 65.8 cm³/mol. The normalized spacial score (nSPS) is 12.0. The zero-order chi connectivity index (χ0) is 13.5. The molecule has 1 unspecified atom stereocenters. The lowest BCUT2D eigenvalue weighted by Gasteiger charge is -2.24. The van der Waals surface area contributed by atoms with Crippen molar-refractivity contribution in [1.29, 1.82) is 0 Å². The van der Waals surface area contributed by atoms with Gasteiger partial charge < -0.3 is 14.7 Å². The SMILES string of the molecule is CCN(CCO)C(=O)C(C)Oc1ccc(F)cc1. The van der Waals surface area contributed by atoms with Gasteiger partial charge in [0, 0.05) is 13.1 Å². The van der Waals surface area contributed by atoms with Crippen LogP contribution in [0.15, 0.2) is 24.3 Å². The summed E-state index contributed by atoms with van der Waals surface area (Å²) < 4.78 is 18.1. The molecule has 0 saturated heterocycles. The summed E-state index contributed by atoms with van der Waals surface area (Å²) in [4.78, 5) is 13.5. The van der Waals surface area contributed by atoms with E-state index in [-0.39, 0.29) is 24.9 Å². The van der Waals surface area contributed by atoms with Crippen molar-refractivity contribution in [2.75, 3.05) is 19.7 Å². The van der Waals surface area contributed by atoms with Crippen LogP contribution in [0.1, 0.15) is 13.8 Å². The number of halogens is 1. The molecule has 0 aliphatic rings. The molecule has 1 N–H and O–H groups in total. The molecule has 0 heterocycles. The third-order valence-electron chi connectivity index (χ3n) is 2.54. The van der Waals surface area contributed by atoms with Crippen LogP contribution in [0.25, 0.3) is 0 Å². The molecule has 0 aliphatic heterocycles. The number of likely N-dealkylation sites (N-methyl/N-ethyl adjacent to an activating group) is 1. The van der Waals surface area contributed by atoms with Crippen molar-refractivity contribution in [3.63, 3.8) is 0 Å². The molecule has 100 valence electrons. The van der Waals surface area contributed by atoms with Gasteiger partial charge >= 0.3 is 0 Å². The van der Waals surface area contributed by atoms with E-state index in [9.17, 15) is 9.18 Å². The summed E-state index contributed by atoms with van der Waals surface area (Å²) >= 11 is 0. The number of carbonyl (C=O) groups is 1. The molecule has 0 bridgehead atoms. The van der Waals surface area contributed by atoms with E-state index in [1.165, 1.54) is 29.2 Å². The molecule has 1 amide bonds. The highest BCUT2D eigenvalue weighted by Gasteiger charge is 2.20. The number of ether oxygens (including phenoxy) is 1. The maximum absolute atomic E-state index is 12.7. The third kappa shape index (κ3) is 4.00. The van der Waals surface area contributed by atoms with Gasteiger partial charge in [0.15, 0.2) is 6.10 Å². The minimum atomic E-state index is -0.665. The minimum Gasteiger partial charge on any atom is -0.481 e. The minimum absolute atomic E-state index is 0.0805. The average Bonchev–Trinajstić information content (AvgIpc) is 2.37. The summed E-state index contributed by atoms with van der Waals surface area (Å²) in [6.07, 6.45) is -0.665. The first-order valence-electron chi connectivity index (χ1n) is 5.90. The zero-order valence-corrected chi connectivity index (χ0v) is 10.6. The number of benzene rings is 1. The lowest BCUT2D eigenvalue weighted by Crippen LogP contribution is -2.41. The molecule has 18 heavy (non-hydrogen) atoms. The average molecular weight is 255 g/mol. The molecule has 1 aromatic carbocycles. The van der Waals surface area contributed by atoms with Crippen molar-refractivity contribution in [2.45, 2.75) is 20.0 Å². The van der Waals surface area contributed by atoms with Crippen molar-refractivity contribution in [3.05, 3.63) is 30.1 Å². The Morgan fingerprint density at radius 3 is 2.56 bits per heavy atom. The highest BCUT2D eigenvalue weighted by molar-refractivity contribution is 5.80. The fourth-order valence-corrected chi connectivity index (χ4v) is 1.57. The Kier molecular flexibility index (Phi) is 5.58. The van der Waals surface area contributed by atoms with E-state index in [1.807, 2.05) is 6.92 Å². The molecular formula is C13H18FNO3. The molecule has 1 atom stereocenters. The van der Waals surface area contributed by atoms with Gasteiger partial charge in [-0.3, -0.25) is 4.79 Å². The van der Waals surface area contributed by atoms with E-state index in [1.54, 1.807) is 6.92 Å². The topological polar surface area (TPSA) is 49.8 Å². The smallest absolute Gasteiger partial charge is 0.263 e. The molecule has 1 rings (SSSR count).